The minimum Gasteiger partial charge on any atom is -0.358 e. The van der Waals surface area contributed by atoms with Crippen molar-refractivity contribution in [3.05, 3.63) is 60.2 Å². The largest absolute Gasteiger partial charge is 0.358 e. The molecule has 9 nitrogen and oxygen atoms in total. The van der Waals surface area contributed by atoms with Gasteiger partial charge in [0.15, 0.2) is 0 Å². The van der Waals surface area contributed by atoms with E-state index < -0.39 is 6.04 Å². The van der Waals surface area contributed by atoms with Gasteiger partial charge >= 0.3 is 0 Å². The van der Waals surface area contributed by atoms with Crippen molar-refractivity contribution in [2.75, 3.05) is 25.0 Å². The molecule has 2 aliphatic heterocycles. The van der Waals surface area contributed by atoms with Crippen LogP contribution < -0.4 is 10.6 Å². The van der Waals surface area contributed by atoms with E-state index in [1.165, 1.54) is 0 Å². The maximum absolute atomic E-state index is 13.3. The highest BCUT2D eigenvalue weighted by molar-refractivity contribution is 5.94. The summed E-state index contributed by atoms with van der Waals surface area (Å²) >= 11 is 0. The molecule has 1 fully saturated rings. The van der Waals surface area contributed by atoms with Crippen molar-refractivity contribution in [3.63, 3.8) is 0 Å². The van der Waals surface area contributed by atoms with Crippen LogP contribution in [-0.4, -0.2) is 68.4 Å². The van der Waals surface area contributed by atoms with Gasteiger partial charge in [-0.15, -0.1) is 0 Å². The third kappa shape index (κ3) is 4.23. The van der Waals surface area contributed by atoms with E-state index >= 15 is 0 Å². The second-order valence-corrected chi connectivity index (χ2v) is 8.86. The van der Waals surface area contributed by atoms with Crippen molar-refractivity contribution in [1.29, 1.82) is 0 Å². The van der Waals surface area contributed by atoms with Gasteiger partial charge in [-0.1, -0.05) is 26.0 Å². The molecule has 2 aliphatic rings. The molecule has 170 valence electrons. The average Bonchev–Trinajstić information content (AvgIpc) is 2.83. The van der Waals surface area contributed by atoms with E-state index in [2.05, 4.69) is 20.5 Å². The number of para-hydroxylation sites is 1. The number of nitrogens with zero attached hydrogens (tertiary/aromatic N) is 5. The Bertz CT molecular complexity index is 1180. The van der Waals surface area contributed by atoms with Crippen molar-refractivity contribution in [2.24, 2.45) is 5.92 Å². The molecule has 0 spiro atoms. The zero-order chi connectivity index (χ0) is 22.9. The van der Waals surface area contributed by atoms with Crippen LogP contribution in [0.4, 0.5) is 5.82 Å². The van der Waals surface area contributed by atoms with Crippen molar-refractivity contribution >= 4 is 28.5 Å². The molecule has 2 bridgehead atoms. The minimum atomic E-state index is -0.472. The van der Waals surface area contributed by atoms with Gasteiger partial charge in [0.05, 0.1) is 24.2 Å². The van der Waals surface area contributed by atoms with Crippen LogP contribution in [-0.2, 0) is 11.3 Å². The summed E-state index contributed by atoms with van der Waals surface area (Å²) in [6.07, 6.45) is 2.88. The number of hydrogen-bond donors (Lipinski definition) is 2. The quantitative estimate of drug-likeness (QED) is 0.621. The standard InChI is InChI=1S/C24H27N7O2/c1-15(2)21-23(32)28-20-14-31(24(33)16-6-5-9-25-12-16)11-10-30(20)13-19-26-18-8-4-3-7-17(18)22(27-19)29-21/h3-9,12,15,20-21H,10-11,13-14H2,1-2H3,(H,28,32)(H,26,27,29). The molecule has 0 saturated carbocycles. The predicted octanol–water partition coefficient (Wildman–Crippen LogP) is 1.88. The van der Waals surface area contributed by atoms with Crippen LogP contribution in [0, 0.1) is 5.92 Å². The lowest BCUT2D eigenvalue weighted by atomic mass is 10.0. The summed E-state index contributed by atoms with van der Waals surface area (Å²) < 4.78 is 0. The fraction of sp³-hybridized carbons (Fsp3) is 0.375. The van der Waals surface area contributed by atoms with Gasteiger partial charge in [-0.25, -0.2) is 9.97 Å². The van der Waals surface area contributed by atoms with Crippen LogP contribution in [0.1, 0.15) is 30.0 Å². The highest BCUT2D eigenvalue weighted by atomic mass is 16.2. The normalized spacial score (nSPS) is 21.3. The lowest BCUT2D eigenvalue weighted by Gasteiger charge is -2.42. The number of carbonyl (C=O) groups is 2. The second-order valence-electron chi connectivity index (χ2n) is 8.86. The number of aromatic nitrogens is 3. The van der Waals surface area contributed by atoms with E-state index in [1.54, 1.807) is 29.4 Å². The number of amides is 2. The van der Waals surface area contributed by atoms with Crippen LogP contribution >= 0.6 is 0 Å². The van der Waals surface area contributed by atoms with Gasteiger partial charge in [-0.05, 0) is 30.2 Å². The van der Waals surface area contributed by atoms with Crippen molar-refractivity contribution < 1.29 is 9.59 Å². The first-order valence-corrected chi connectivity index (χ1v) is 11.3. The molecular weight excluding hydrogens is 418 g/mol. The van der Waals surface area contributed by atoms with E-state index in [9.17, 15) is 9.59 Å². The lowest BCUT2D eigenvalue weighted by molar-refractivity contribution is -0.125. The highest BCUT2D eigenvalue weighted by Gasteiger charge is 2.35. The zero-order valence-electron chi connectivity index (χ0n) is 18.7. The lowest BCUT2D eigenvalue weighted by Crippen LogP contribution is -2.63. The molecule has 2 amide bonds. The van der Waals surface area contributed by atoms with E-state index in [-0.39, 0.29) is 23.9 Å². The monoisotopic (exact) mass is 445 g/mol. The van der Waals surface area contributed by atoms with Crippen molar-refractivity contribution in [2.45, 2.75) is 32.6 Å². The molecular formula is C24H27N7O2. The number of nitrogens with one attached hydrogen (secondary N) is 2. The molecule has 4 heterocycles. The summed E-state index contributed by atoms with van der Waals surface area (Å²) in [6, 6.07) is 10.9. The Morgan fingerprint density at radius 1 is 1.09 bits per heavy atom. The van der Waals surface area contributed by atoms with E-state index in [0.717, 1.165) is 10.9 Å². The molecule has 9 heteroatoms. The van der Waals surface area contributed by atoms with Crippen LogP contribution in [0.25, 0.3) is 10.9 Å². The number of hydrogen-bond acceptors (Lipinski definition) is 7. The Kier molecular flexibility index (Phi) is 5.63. The van der Waals surface area contributed by atoms with Gasteiger partial charge < -0.3 is 15.5 Å². The Morgan fingerprint density at radius 2 is 1.94 bits per heavy atom. The average molecular weight is 446 g/mol. The van der Waals surface area contributed by atoms with Gasteiger partial charge in [-0.3, -0.25) is 19.5 Å². The first kappa shape index (κ1) is 21.3. The molecule has 0 aliphatic carbocycles. The Hall–Kier alpha value is -3.59. The SMILES string of the molecule is CC(C)C1Nc2nc(nc3ccccc23)CN2CCN(C(=O)c3cccnc3)CC2NC1=O. The molecule has 2 unspecified atom stereocenters. The van der Waals surface area contributed by atoms with E-state index in [4.69, 9.17) is 9.97 Å². The molecule has 1 saturated heterocycles. The molecule has 3 aromatic rings. The number of fused-ring (bicyclic) bond motifs is 5. The third-order valence-electron chi connectivity index (χ3n) is 6.23. The number of carbonyl (C=O) groups excluding carboxylic acids is 2. The molecule has 33 heavy (non-hydrogen) atoms. The first-order chi connectivity index (χ1) is 16.0. The first-order valence-electron chi connectivity index (χ1n) is 11.3. The van der Waals surface area contributed by atoms with Crippen molar-refractivity contribution in [1.82, 2.24) is 30.1 Å². The van der Waals surface area contributed by atoms with E-state index in [1.807, 2.05) is 38.1 Å². The summed E-state index contributed by atoms with van der Waals surface area (Å²) in [4.78, 5) is 43.9. The fourth-order valence-electron chi connectivity index (χ4n) is 4.43. The summed E-state index contributed by atoms with van der Waals surface area (Å²) in [5.41, 5.74) is 1.39. The smallest absolute Gasteiger partial charge is 0.255 e. The molecule has 2 N–H and O–H groups in total. The predicted molar refractivity (Wildman–Crippen MR) is 124 cm³/mol. The topological polar surface area (TPSA) is 103 Å². The molecule has 5 rings (SSSR count). The number of piperazine rings is 1. The Labute approximate surface area is 192 Å². The van der Waals surface area contributed by atoms with Crippen LogP contribution in [0.5, 0.6) is 0 Å². The van der Waals surface area contributed by atoms with Gasteiger partial charge in [0.25, 0.3) is 5.91 Å². The molecule has 2 atom stereocenters. The number of anilines is 1. The molecule has 2 aromatic heterocycles. The third-order valence-corrected chi connectivity index (χ3v) is 6.23. The number of rotatable bonds is 2. The molecule has 0 radical (unpaired) electrons. The second kappa shape index (κ2) is 8.74. The maximum atomic E-state index is 13.3. The van der Waals surface area contributed by atoms with Gasteiger partial charge in [0.2, 0.25) is 5.91 Å². The van der Waals surface area contributed by atoms with Crippen molar-refractivity contribution in [3.8, 4) is 0 Å². The van der Waals surface area contributed by atoms with Gasteiger partial charge in [0.1, 0.15) is 23.8 Å². The fourth-order valence-corrected chi connectivity index (χ4v) is 4.43. The summed E-state index contributed by atoms with van der Waals surface area (Å²) in [5, 5.41) is 7.43. The Balaban J connectivity index is 1.49. The van der Waals surface area contributed by atoms with Crippen LogP contribution in [0.3, 0.4) is 0 Å². The minimum absolute atomic E-state index is 0.0340. The van der Waals surface area contributed by atoms with Crippen LogP contribution in [0.15, 0.2) is 48.8 Å². The summed E-state index contributed by atoms with van der Waals surface area (Å²) in [7, 11) is 0. The summed E-state index contributed by atoms with van der Waals surface area (Å²) in [6.45, 7) is 6.01. The van der Waals surface area contributed by atoms with Gasteiger partial charge in [-0.2, -0.15) is 0 Å². The maximum Gasteiger partial charge on any atom is 0.255 e. The zero-order valence-corrected chi connectivity index (χ0v) is 18.7. The number of benzene rings is 1. The Morgan fingerprint density at radius 3 is 2.73 bits per heavy atom. The highest BCUT2D eigenvalue weighted by Crippen LogP contribution is 2.25. The van der Waals surface area contributed by atoms with E-state index in [0.29, 0.717) is 43.4 Å². The van der Waals surface area contributed by atoms with Crippen LogP contribution in [0.2, 0.25) is 0 Å². The van der Waals surface area contributed by atoms with Gasteiger partial charge in [0, 0.05) is 30.9 Å². The number of pyridine rings is 1. The summed E-state index contributed by atoms with van der Waals surface area (Å²) in [5.74, 6) is 1.20. The molecule has 1 aromatic carbocycles.